The first-order valence-corrected chi connectivity index (χ1v) is 16.3. The van der Waals surface area contributed by atoms with Crippen molar-refractivity contribution in [1.82, 2.24) is 4.90 Å². The first-order valence-electron chi connectivity index (χ1n) is 14.6. The normalized spacial score (nSPS) is 21.0. The second kappa shape index (κ2) is 10.4. The molecule has 6 rings (SSSR count). The number of amides is 2. The molecule has 42 heavy (non-hydrogen) atoms. The predicted octanol–water partition coefficient (Wildman–Crippen LogP) is 4.90. The standard InChI is InChI=1S/C30H37F2N5O4S/c1-3-42(40,41)34-21-4-5-23(24(17-21)36-12-8-29(6-7-29)9-13-36)27(38)33-22-16-20-19-35(2)28(39)26(20)25(18-22)37-14-10-30(31,32)11-15-37/h4-5,16-18,34H,3,6-15,19H2,1-2H3,(H,33,38). The molecule has 226 valence electrons. The Morgan fingerprint density at radius 2 is 1.52 bits per heavy atom. The molecule has 2 saturated heterocycles. The maximum Gasteiger partial charge on any atom is 0.257 e. The van der Waals surface area contributed by atoms with Crippen molar-refractivity contribution >= 4 is 44.6 Å². The van der Waals surface area contributed by atoms with E-state index in [9.17, 15) is 26.8 Å². The topological polar surface area (TPSA) is 102 Å². The summed E-state index contributed by atoms with van der Waals surface area (Å²) in [5.74, 6) is -3.33. The summed E-state index contributed by atoms with van der Waals surface area (Å²) in [5.41, 5.74) is 4.17. The molecule has 9 nitrogen and oxygen atoms in total. The zero-order chi connectivity index (χ0) is 29.9. The van der Waals surface area contributed by atoms with Crippen LogP contribution in [0, 0.1) is 5.41 Å². The molecule has 3 aliphatic heterocycles. The number of carbonyl (C=O) groups excluding carboxylic acids is 2. The van der Waals surface area contributed by atoms with E-state index >= 15 is 0 Å². The van der Waals surface area contributed by atoms with Crippen LogP contribution in [0.25, 0.3) is 0 Å². The number of hydrogen-bond donors (Lipinski definition) is 2. The van der Waals surface area contributed by atoms with Gasteiger partial charge in [0, 0.05) is 58.3 Å². The number of sulfonamides is 1. The lowest BCUT2D eigenvalue weighted by Gasteiger charge is -2.35. The number of rotatable bonds is 7. The smallest absolute Gasteiger partial charge is 0.257 e. The molecule has 2 aromatic rings. The van der Waals surface area contributed by atoms with Gasteiger partial charge in [-0.25, -0.2) is 17.2 Å². The van der Waals surface area contributed by atoms with Crippen LogP contribution < -0.4 is 19.8 Å². The molecular formula is C30H37F2N5O4S. The Labute approximate surface area is 245 Å². The van der Waals surface area contributed by atoms with Crippen molar-refractivity contribution in [2.24, 2.45) is 5.41 Å². The third-order valence-corrected chi connectivity index (χ3v) is 10.6. The van der Waals surface area contributed by atoms with Gasteiger partial charge in [-0.15, -0.1) is 0 Å². The highest BCUT2D eigenvalue weighted by Crippen LogP contribution is 2.54. The summed E-state index contributed by atoms with van der Waals surface area (Å²) >= 11 is 0. The van der Waals surface area contributed by atoms with Crippen LogP contribution in [0.2, 0.25) is 0 Å². The molecule has 4 aliphatic rings. The van der Waals surface area contributed by atoms with E-state index in [4.69, 9.17) is 0 Å². The molecule has 0 aromatic heterocycles. The molecule has 2 aromatic carbocycles. The van der Waals surface area contributed by atoms with Crippen molar-refractivity contribution in [3.8, 4) is 0 Å². The molecule has 1 aliphatic carbocycles. The fourth-order valence-corrected chi connectivity index (χ4v) is 7.00. The highest BCUT2D eigenvalue weighted by Gasteiger charge is 2.45. The van der Waals surface area contributed by atoms with Crippen LogP contribution >= 0.6 is 0 Å². The summed E-state index contributed by atoms with van der Waals surface area (Å²) in [7, 11) is -1.81. The molecule has 12 heteroatoms. The van der Waals surface area contributed by atoms with E-state index in [2.05, 4.69) is 14.9 Å². The van der Waals surface area contributed by atoms with E-state index < -0.39 is 15.9 Å². The van der Waals surface area contributed by atoms with Gasteiger partial charge in [0.1, 0.15) is 0 Å². The van der Waals surface area contributed by atoms with E-state index in [0.29, 0.717) is 45.8 Å². The Hall–Kier alpha value is -3.41. The van der Waals surface area contributed by atoms with Crippen molar-refractivity contribution in [1.29, 1.82) is 0 Å². The summed E-state index contributed by atoms with van der Waals surface area (Å²) in [6.07, 6.45) is 3.94. The number of fused-ring (bicyclic) bond motifs is 1. The van der Waals surface area contributed by atoms with Crippen LogP contribution in [0.15, 0.2) is 30.3 Å². The minimum Gasteiger partial charge on any atom is -0.371 e. The van der Waals surface area contributed by atoms with Gasteiger partial charge in [0.15, 0.2) is 0 Å². The number of alkyl halides is 2. The zero-order valence-electron chi connectivity index (χ0n) is 24.0. The maximum absolute atomic E-state index is 13.9. The number of nitrogens with zero attached hydrogens (tertiary/aromatic N) is 3. The van der Waals surface area contributed by atoms with Gasteiger partial charge in [0.25, 0.3) is 17.7 Å². The SMILES string of the molecule is CCS(=O)(=O)Nc1ccc(C(=O)Nc2cc3c(c(N4CCC(F)(F)CC4)c2)C(=O)N(C)C3)c(N2CCC3(CC2)CC3)c1. The minimum absolute atomic E-state index is 0.0657. The van der Waals surface area contributed by atoms with E-state index in [0.717, 1.165) is 31.5 Å². The third-order valence-electron chi connectivity index (χ3n) is 9.28. The van der Waals surface area contributed by atoms with E-state index in [1.807, 2.05) is 4.90 Å². The Bertz CT molecular complexity index is 1520. The first kappa shape index (κ1) is 28.7. The number of piperidine rings is 2. The lowest BCUT2D eigenvalue weighted by atomic mass is 9.93. The Kier molecular flexibility index (Phi) is 7.10. The molecule has 1 saturated carbocycles. The van der Waals surface area contributed by atoms with Gasteiger partial charge in [-0.05, 0) is 73.9 Å². The largest absolute Gasteiger partial charge is 0.371 e. The van der Waals surface area contributed by atoms with Crippen molar-refractivity contribution in [3.05, 3.63) is 47.0 Å². The molecule has 3 fully saturated rings. The molecular weight excluding hydrogens is 564 g/mol. The molecule has 0 atom stereocenters. The summed E-state index contributed by atoms with van der Waals surface area (Å²) in [6.45, 7) is 3.72. The number of carbonyl (C=O) groups is 2. The van der Waals surface area contributed by atoms with Crippen molar-refractivity contribution in [2.45, 2.75) is 57.9 Å². The van der Waals surface area contributed by atoms with Gasteiger partial charge in [-0.1, -0.05) is 0 Å². The molecule has 2 N–H and O–H groups in total. The van der Waals surface area contributed by atoms with Crippen LogP contribution in [-0.4, -0.2) is 70.0 Å². The summed E-state index contributed by atoms with van der Waals surface area (Å²) in [4.78, 5) is 32.3. The maximum atomic E-state index is 13.9. The third kappa shape index (κ3) is 5.65. The second-order valence-electron chi connectivity index (χ2n) is 12.2. The average Bonchev–Trinajstić information content (AvgIpc) is 3.64. The Balaban J connectivity index is 1.31. The average molecular weight is 602 g/mol. The van der Waals surface area contributed by atoms with Gasteiger partial charge in [0.2, 0.25) is 10.0 Å². The number of anilines is 4. The molecule has 0 unspecified atom stereocenters. The molecule has 1 spiro atoms. The highest BCUT2D eigenvalue weighted by molar-refractivity contribution is 7.92. The molecule has 0 radical (unpaired) electrons. The van der Waals surface area contributed by atoms with Gasteiger partial charge < -0.3 is 20.0 Å². The van der Waals surface area contributed by atoms with Crippen molar-refractivity contribution < 1.29 is 26.8 Å². The van der Waals surface area contributed by atoms with E-state index in [-0.39, 0.29) is 43.5 Å². The minimum atomic E-state index is -3.50. The lowest BCUT2D eigenvalue weighted by Crippen LogP contribution is -2.40. The Morgan fingerprint density at radius 3 is 2.17 bits per heavy atom. The molecule has 3 heterocycles. The fraction of sp³-hybridized carbons (Fsp3) is 0.533. The predicted molar refractivity (Wildman–Crippen MR) is 159 cm³/mol. The van der Waals surface area contributed by atoms with Gasteiger partial charge in [-0.2, -0.15) is 0 Å². The van der Waals surface area contributed by atoms with Gasteiger partial charge in [0.05, 0.1) is 33.9 Å². The summed E-state index contributed by atoms with van der Waals surface area (Å²) in [5, 5.41) is 2.99. The number of nitrogens with one attached hydrogen (secondary N) is 2. The zero-order valence-corrected chi connectivity index (χ0v) is 24.8. The van der Waals surface area contributed by atoms with E-state index in [1.54, 1.807) is 49.2 Å². The molecule has 2 amide bonds. The van der Waals surface area contributed by atoms with Crippen LogP contribution in [0.4, 0.5) is 31.5 Å². The van der Waals surface area contributed by atoms with Crippen LogP contribution in [0.3, 0.4) is 0 Å². The quantitative estimate of drug-likeness (QED) is 0.468. The van der Waals surface area contributed by atoms with Gasteiger partial charge >= 0.3 is 0 Å². The van der Waals surface area contributed by atoms with Crippen LogP contribution in [-0.2, 0) is 16.6 Å². The lowest BCUT2D eigenvalue weighted by molar-refractivity contribution is -0.0220. The fourth-order valence-electron chi connectivity index (χ4n) is 6.37. The van der Waals surface area contributed by atoms with Crippen molar-refractivity contribution in [2.75, 3.05) is 58.8 Å². The van der Waals surface area contributed by atoms with Crippen LogP contribution in [0.1, 0.15) is 71.7 Å². The Morgan fingerprint density at radius 1 is 0.905 bits per heavy atom. The summed E-state index contributed by atoms with van der Waals surface area (Å²) in [6, 6.07) is 8.44. The van der Waals surface area contributed by atoms with Crippen molar-refractivity contribution in [3.63, 3.8) is 0 Å². The number of hydrogen-bond acceptors (Lipinski definition) is 6. The second-order valence-corrected chi connectivity index (χ2v) is 14.2. The number of halogens is 2. The van der Waals surface area contributed by atoms with Gasteiger partial charge in [-0.3, -0.25) is 14.3 Å². The monoisotopic (exact) mass is 601 g/mol. The highest BCUT2D eigenvalue weighted by atomic mass is 32.2. The van der Waals surface area contributed by atoms with E-state index in [1.165, 1.54) is 12.8 Å². The van der Waals surface area contributed by atoms with Crippen LogP contribution in [0.5, 0.6) is 0 Å². The number of benzene rings is 2. The first-order chi connectivity index (χ1) is 19.9. The molecule has 0 bridgehead atoms. The summed E-state index contributed by atoms with van der Waals surface area (Å²) < 4.78 is 55.0.